The molecule has 1 atom stereocenters. The van der Waals surface area contributed by atoms with Gasteiger partial charge in [0.2, 0.25) is 0 Å². The first-order chi connectivity index (χ1) is 10.8. The predicted molar refractivity (Wildman–Crippen MR) is 85.2 cm³/mol. The molecule has 0 amide bonds. The highest BCUT2D eigenvalue weighted by Crippen LogP contribution is 2.43. The monoisotopic (exact) mass is 364 g/mol. The molecule has 0 bridgehead atoms. The van der Waals surface area contributed by atoms with E-state index in [-0.39, 0.29) is 17.5 Å². The minimum absolute atomic E-state index is 0.00282. The van der Waals surface area contributed by atoms with E-state index in [0.29, 0.717) is 5.57 Å². The molecule has 1 aliphatic rings. The number of hydrogen-bond donors (Lipinski definition) is 0. The standard InChI is InChI=1S/C17H18F6Si/c1-9-5-14(24(3)4)10(2)15(9)11-6-12(16(18,19)20)8-13(7-11)17(21,22)23/h5-9,24H,1-4H3. The lowest BCUT2D eigenvalue weighted by molar-refractivity contribution is -0.143. The highest BCUT2D eigenvalue weighted by atomic mass is 28.3. The van der Waals surface area contributed by atoms with Crippen LogP contribution in [0, 0.1) is 5.92 Å². The molecule has 24 heavy (non-hydrogen) atoms. The maximum Gasteiger partial charge on any atom is 0.416 e. The summed E-state index contributed by atoms with van der Waals surface area (Å²) in [6.07, 6.45) is -7.68. The van der Waals surface area contributed by atoms with Gasteiger partial charge in [-0.15, -0.1) is 0 Å². The summed E-state index contributed by atoms with van der Waals surface area (Å²) in [6.45, 7) is 7.75. The number of benzene rings is 1. The summed E-state index contributed by atoms with van der Waals surface area (Å²) in [5.41, 5.74) is -1.16. The summed E-state index contributed by atoms with van der Waals surface area (Å²) in [7, 11) is -1.21. The van der Waals surface area contributed by atoms with Crippen LogP contribution in [0.3, 0.4) is 0 Å². The van der Waals surface area contributed by atoms with Crippen molar-refractivity contribution in [3.63, 3.8) is 0 Å². The van der Waals surface area contributed by atoms with Crippen LogP contribution in [0.4, 0.5) is 26.3 Å². The topological polar surface area (TPSA) is 0 Å². The van der Waals surface area contributed by atoms with Crippen LogP contribution >= 0.6 is 0 Å². The zero-order valence-electron chi connectivity index (χ0n) is 13.7. The molecule has 0 heterocycles. The molecule has 1 aromatic carbocycles. The number of allylic oxidation sites excluding steroid dienone is 4. The second-order valence-electron chi connectivity index (χ2n) is 6.40. The molecule has 0 nitrogen and oxygen atoms in total. The fraction of sp³-hybridized carbons (Fsp3) is 0.412. The van der Waals surface area contributed by atoms with E-state index in [2.05, 4.69) is 13.1 Å². The fourth-order valence-electron chi connectivity index (χ4n) is 3.19. The number of alkyl halides is 6. The largest absolute Gasteiger partial charge is 0.416 e. The van der Waals surface area contributed by atoms with Crippen LogP contribution in [0.1, 0.15) is 30.5 Å². The molecule has 1 aromatic rings. The molecule has 2 rings (SSSR count). The molecule has 0 fully saturated rings. The van der Waals surface area contributed by atoms with Crippen molar-refractivity contribution in [2.45, 2.75) is 39.3 Å². The van der Waals surface area contributed by atoms with Gasteiger partial charge in [-0.25, -0.2) is 0 Å². The first-order valence-corrected chi connectivity index (χ1v) is 10.4. The van der Waals surface area contributed by atoms with Crippen LogP contribution < -0.4 is 0 Å². The zero-order valence-corrected chi connectivity index (χ0v) is 14.9. The van der Waals surface area contributed by atoms with Gasteiger partial charge < -0.3 is 0 Å². The maximum absolute atomic E-state index is 13.0. The molecule has 7 heteroatoms. The average molecular weight is 364 g/mol. The Morgan fingerprint density at radius 3 is 1.67 bits per heavy atom. The van der Waals surface area contributed by atoms with Gasteiger partial charge >= 0.3 is 12.4 Å². The molecule has 0 saturated carbocycles. The number of halogens is 6. The van der Waals surface area contributed by atoms with Crippen LogP contribution in [-0.2, 0) is 12.4 Å². The normalized spacial score (nSPS) is 19.3. The van der Waals surface area contributed by atoms with E-state index in [1.54, 1.807) is 13.8 Å². The third-order valence-electron chi connectivity index (χ3n) is 4.24. The Labute approximate surface area is 138 Å². The molecular weight excluding hydrogens is 346 g/mol. The van der Waals surface area contributed by atoms with Crippen LogP contribution in [-0.4, -0.2) is 8.80 Å². The van der Waals surface area contributed by atoms with Crippen LogP contribution in [0.25, 0.3) is 5.57 Å². The van der Waals surface area contributed by atoms with Gasteiger partial charge in [-0.3, -0.25) is 0 Å². The first kappa shape index (κ1) is 18.8. The highest BCUT2D eigenvalue weighted by molar-refractivity contribution is 6.65. The molecule has 0 N–H and O–H groups in total. The molecule has 132 valence electrons. The van der Waals surface area contributed by atoms with Gasteiger partial charge in [-0.05, 0) is 41.8 Å². The Kier molecular flexibility index (Phi) is 4.78. The molecule has 1 aliphatic carbocycles. The van der Waals surface area contributed by atoms with E-state index < -0.39 is 32.3 Å². The van der Waals surface area contributed by atoms with E-state index in [4.69, 9.17) is 0 Å². The lowest BCUT2D eigenvalue weighted by Crippen LogP contribution is -2.12. The number of rotatable bonds is 2. The Bertz CT molecular complexity index is 675. The maximum atomic E-state index is 13.0. The molecule has 0 spiro atoms. The van der Waals surface area contributed by atoms with Crippen molar-refractivity contribution in [3.05, 3.63) is 51.7 Å². The molecular formula is C17H18F6Si. The Morgan fingerprint density at radius 1 is 0.875 bits per heavy atom. The highest BCUT2D eigenvalue weighted by Gasteiger charge is 2.38. The summed E-state index contributed by atoms with van der Waals surface area (Å²) in [4.78, 5) is 0. The molecule has 0 aromatic heterocycles. The van der Waals surface area contributed by atoms with E-state index in [9.17, 15) is 26.3 Å². The molecule has 0 aliphatic heterocycles. The minimum Gasteiger partial charge on any atom is -0.166 e. The summed E-state index contributed by atoms with van der Waals surface area (Å²) in [5, 5.41) is 1.10. The van der Waals surface area contributed by atoms with E-state index in [1.165, 1.54) is 0 Å². The minimum atomic E-state index is -4.82. The SMILES string of the molecule is CC1=C(c2cc(C(F)(F)F)cc(C(F)(F)F)c2)C(C)C=C1[SiH](C)C. The summed E-state index contributed by atoms with van der Waals surface area (Å²) in [5.74, 6) is -0.195. The van der Waals surface area contributed by atoms with Crippen molar-refractivity contribution >= 4 is 14.4 Å². The number of hydrogen-bond acceptors (Lipinski definition) is 0. The van der Waals surface area contributed by atoms with Crippen molar-refractivity contribution in [1.82, 2.24) is 0 Å². The van der Waals surface area contributed by atoms with Crippen LogP contribution in [0.2, 0.25) is 13.1 Å². The molecule has 0 radical (unpaired) electrons. The third kappa shape index (κ3) is 3.60. The smallest absolute Gasteiger partial charge is 0.166 e. The predicted octanol–water partition coefficient (Wildman–Crippen LogP) is 6.10. The quantitative estimate of drug-likeness (QED) is 0.439. The Morgan fingerprint density at radius 2 is 1.33 bits per heavy atom. The van der Waals surface area contributed by atoms with Gasteiger partial charge in [0.05, 0.1) is 19.9 Å². The fourth-order valence-corrected chi connectivity index (χ4v) is 4.89. The van der Waals surface area contributed by atoms with E-state index in [1.807, 2.05) is 6.08 Å². The van der Waals surface area contributed by atoms with Crippen molar-refractivity contribution in [2.75, 3.05) is 0 Å². The van der Waals surface area contributed by atoms with E-state index >= 15 is 0 Å². The van der Waals surface area contributed by atoms with Crippen molar-refractivity contribution in [2.24, 2.45) is 5.92 Å². The Hall–Kier alpha value is -1.50. The zero-order chi connectivity index (χ0) is 18.4. The van der Waals surface area contributed by atoms with Crippen molar-refractivity contribution in [1.29, 1.82) is 0 Å². The summed E-state index contributed by atoms with van der Waals surface area (Å²) >= 11 is 0. The van der Waals surface area contributed by atoms with Crippen LogP contribution in [0.15, 0.2) is 35.0 Å². The van der Waals surface area contributed by atoms with E-state index in [0.717, 1.165) is 22.9 Å². The second-order valence-corrected chi connectivity index (χ2v) is 9.33. The van der Waals surface area contributed by atoms with Crippen molar-refractivity contribution < 1.29 is 26.3 Å². The van der Waals surface area contributed by atoms with Gasteiger partial charge in [-0.2, -0.15) is 26.3 Å². The third-order valence-corrected chi connectivity index (χ3v) is 6.11. The second kappa shape index (κ2) is 6.09. The van der Waals surface area contributed by atoms with Gasteiger partial charge in [0.15, 0.2) is 0 Å². The van der Waals surface area contributed by atoms with Gasteiger partial charge in [0, 0.05) is 5.92 Å². The van der Waals surface area contributed by atoms with Gasteiger partial charge in [-0.1, -0.05) is 31.3 Å². The lowest BCUT2D eigenvalue weighted by atomic mass is 9.91. The lowest BCUT2D eigenvalue weighted by Gasteiger charge is -2.17. The summed E-state index contributed by atoms with van der Waals surface area (Å²) in [6, 6.07) is 1.82. The van der Waals surface area contributed by atoms with Gasteiger partial charge in [0.1, 0.15) is 0 Å². The molecule has 1 unspecified atom stereocenters. The Balaban J connectivity index is 2.67. The average Bonchev–Trinajstić information content (AvgIpc) is 2.71. The summed E-state index contributed by atoms with van der Waals surface area (Å²) < 4.78 is 78.2. The molecule has 0 saturated heterocycles. The van der Waals surface area contributed by atoms with Gasteiger partial charge in [0.25, 0.3) is 0 Å². The first-order valence-electron chi connectivity index (χ1n) is 7.55. The van der Waals surface area contributed by atoms with Crippen LogP contribution in [0.5, 0.6) is 0 Å². The van der Waals surface area contributed by atoms with Crippen molar-refractivity contribution in [3.8, 4) is 0 Å².